The third-order valence-corrected chi connectivity index (χ3v) is 5.30. The van der Waals surface area contributed by atoms with E-state index < -0.39 is 12.1 Å². The summed E-state index contributed by atoms with van der Waals surface area (Å²) in [6.45, 7) is 4.34. The van der Waals surface area contributed by atoms with Gasteiger partial charge in [-0.2, -0.15) is 0 Å². The Morgan fingerprint density at radius 3 is 2.32 bits per heavy atom. The lowest BCUT2D eigenvalue weighted by Crippen LogP contribution is -2.51. The lowest BCUT2D eigenvalue weighted by Gasteiger charge is -2.23. The molecule has 2 aromatic carbocycles. The summed E-state index contributed by atoms with van der Waals surface area (Å²) in [7, 11) is 3.17. The number of urea groups is 1. The number of hydrogen-bond donors (Lipinski definition) is 3. The summed E-state index contributed by atoms with van der Waals surface area (Å²) in [6.07, 6.45) is 1.37. The molecule has 168 valence electrons. The molecular formula is C23H30ClN3O4. The van der Waals surface area contributed by atoms with E-state index in [9.17, 15) is 9.59 Å². The predicted octanol–water partition coefficient (Wildman–Crippen LogP) is 4.25. The van der Waals surface area contributed by atoms with Crippen LogP contribution in [0.4, 0.5) is 10.5 Å². The molecule has 0 spiro atoms. The number of hydrogen-bond acceptors (Lipinski definition) is 4. The molecule has 8 heteroatoms. The molecule has 0 heterocycles. The highest BCUT2D eigenvalue weighted by atomic mass is 35.5. The Kier molecular flexibility index (Phi) is 9.46. The topological polar surface area (TPSA) is 88.7 Å². The summed E-state index contributed by atoms with van der Waals surface area (Å²) in [4.78, 5) is 25.2. The fourth-order valence-corrected chi connectivity index (χ4v) is 3.15. The quantitative estimate of drug-likeness (QED) is 0.508. The first-order chi connectivity index (χ1) is 14.9. The summed E-state index contributed by atoms with van der Waals surface area (Å²) >= 11 is 5.86. The van der Waals surface area contributed by atoms with Crippen LogP contribution in [0, 0.1) is 5.92 Å². The summed E-state index contributed by atoms with van der Waals surface area (Å²) in [5, 5.41) is 9.00. The maximum absolute atomic E-state index is 12.8. The van der Waals surface area contributed by atoms with Crippen LogP contribution < -0.4 is 25.4 Å². The predicted molar refractivity (Wildman–Crippen MR) is 123 cm³/mol. The molecule has 0 saturated carbocycles. The smallest absolute Gasteiger partial charge is 0.319 e. The lowest BCUT2D eigenvalue weighted by atomic mass is 9.98. The number of carbonyl (C=O) groups is 2. The number of benzene rings is 2. The van der Waals surface area contributed by atoms with E-state index in [1.165, 1.54) is 0 Å². The number of ether oxygens (including phenoxy) is 2. The third kappa shape index (κ3) is 7.36. The van der Waals surface area contributed by atoms with Crippen LogP contribution in [0.2, 0.25) is 5.02 Å². The van der Waals surface area contributed by atoms with E-state index in [0.717, 1.165) is 12.0 Å². The van der Waals surface area contributed by atoms with Gasteiger partial charge in [0.2, 0.25) is 5.91 Å². The van der Waals surface area contributed by atoms with Crippen LogP contribution >= 0.6 is 11.6 Å². The van der Waals surface area contributed by atoms with Crippen LogP contribution in [0.3, 0.4) is 0 Å². The highest BCUT2D eigenvalue weighted by Crippen LogP contribution is 2.27. The van der Waals surface area contributed by atoms with Crippen LogP contribution in [0.25, 0.3) is 0 Å². The molecule has 2 unspecified atom stereocenters. The van der Waals surface area contributed by atoms with Crippen LogP contribution in [-0.4, -0.2) is 38.7 Å². The van der Waals surface area contributed by atoms with E-state index in [1.807, 2.05) is 32.0 Å². The van der Waals surface area contributed by atoms with Gasteiger partial charge in [-0.1, -0.05) is 37.9 Å². The van der Waals surface area contributed by atoms with Gasteiger partial charge in [0.25, 0.3) is 0 Å². The van der Waals surface area contributed by atoms with Crippen molar-refractivity contribution in [3.05, 3.63) is 53.1 Å². The van der Waals surface area contributed by atoms with E-state index in [4.69, 9.17) is 21.1 Å². The Morgan fingerprint density at radius 2 is 1.71 bits per heavy atom. The molecule has 0 aliphatic rings. The normalized spacial score (nSPS) is 12.4. The van der Waals surface area contributed by atoms with Crippen molar-refractivity contribution < 1.29 is 19.1 Å². The molecule has 0 aliphatic carbocycles. The van der Waals surface area contributed by atoms with Crippen LogP contribution in [0.1, 0.15) is 25.8 Å². The molecule has 0 saturated heterocycles. The second-order valence-electron chi connectivity index (χ2n) is 7.20. The monoisotopic (exact) mass is 447 g/mol. The first kappa shape index (κ1) is 24.3. The molecule has 31 heavy (non-hydrogen) atoms. The first-order valence-electron chi connectivity index (χ1n) is 10.2. The largest absolute Gasteiger partial charge is 0.493 e. The molecule has 3 N–H and O–H groups in total. The maximum Gasteiger partial charge on any atom is 0.319 e. The zero-order valence-electron chi connectivity index (χ0n) is 18.3. The van der Waals surface area contributed by atoms with E-state index in [2.05, 4.69) is 16.0 Å². The Labute approximate surface area is 188 Å². The summed E-state index contributed by atoms with van der Waals surface area (Å²) in [6, 6.07) is 11.3. The minimum atomic E-state index is -0.650. The fourth-order valence-electron chi connectivity index (χ4n) is 3.02. The van der Waals surface area contributed by atoms with Crippen molar-refractivity contribution in [1.29, 1.82) is 0 Å². The van der Waals surface area contributed by atoms with Gasteiger partial charge in [-0.3, -0.25) is 4.79 Å². The fraction of sp³-hybridized carbons (Fsp3) is 0.391. The van der Waals surface area contributed by atoms with Crippen LogP contribution in [0.15, 0.2) is 42.5 Å². The highest BCUT2D eigenvalue weighted by molar-refractivity contribution is 6.30. The van der Waals surface area contributed by atoms with Gasteiger partial charge in [-0.25, -0.2) is 4.79 Å². The summed E-state index contributed by atoms with van der Waals surface area (Å²) < 4.78 is 10.6. The first-order valence-corrected chi connectivity index (χ1v) is 10.6. The van der Waals surface area contributed by atoms with Crippen molar-refractivity contribution in [2.75, 3.05) is 26.1 Å². The van der Waals surface area contributed by atoms with Gasteiger partial charge in [0.15, 0.2) is 11.5 Å². The van der Waals surface area contributed by atoms with Crippen molar-refractivity contribution in [2.24, 2.45) is 5.92 Å². The third-order valence-electron chi connectivity index (χ3n) is 5.04. The molecule has 7 nitrogen and oxygen atoms in total. The molecule has 2 atom stereocenters. The number of carbonyl (C=O) groups excluding carboxylic acids is 2. The van der Waals surface area contributed by atoms with Crippen molar-refractivity contribution in [1.82, 2.24) is 10.6 Å². The van der Waals surface area contributed by atoms with Gasteiger partial charge in [0.05, 0.1) is 14.2 Å². The number of rotatable bonds is 10. The van der Waals surface area contributed by atoms with Crippen molar-refractivity contribution in [3.63, 3.8) is 0 Å². The minimum absolute atomic E-state index is 0.0305. The van der Waals surface area contributed by atoms with Gasteiger partial charge in [0, 0.05) is 17.3 Å². The Bertz CT molecular complexity index is 874. The maximum atomic E-state index is 12.8. The lowest BCUT2D eigenvalue weighted by molar-refractivity contribution is -0.124. The molecule has 0 aliphatic heterocycles. The highest BCUT2D eigenvalue weighted by Gasteiger charge is 2.25. The van der Waals surface area contributed by atoms with Crippen LogP contribution in [0.5, 0.6) is 11.5 Å². The van der Waals surface area contributed by atoms with Crippen molar-refractivity contribution in [3.8, 4) is 11.5 Å². The minimum Gasteiger partial charge on any atom is -0.493 e. The van der Waals surface area contributed by atoms with Gasteiger partial charge >= 0.3 is 6.03 Å². The summed E-state index contributed by atoms with van der Waals surface area (Å²) in [5.74, 6) is 1.05. The molecule has 3 amide bonds. The molecule has 2 aromatic rings. The molecular weight excluding hydrogens is 418 g/mol. The van der Waals surface area contributed by atoms with E-state index in [1.54, 1.807) is 38.5 Å². The number of methoxy groups -OCH3 is 2. The zero-order chi connectivity index (χ0) is 22.8. The molecule has 0 aromatic heterocycles. The van der Waals surface area contributed by atoms with E-state index in [-0.39, 0.29) is 11.8 Å². The zero-order valence-corrected chi connectivity index (χ0v) is 19.1. The molecule has 0 fully saturated rings. The Balaban J connectivity index is 1.93. The number of anilines is 1. The number of nitrogens with one attached hydrogen (secondary N) is 3. The van der Waals surface area contributed by atoms with Crippen molar-refractivity contribution in [2.45, 2.75) is 32.7 Å². The molecule has 0 bridgehead atoms. The summed E-state index contributed by atoms with van der Waals surface area (Å²) in [5.41, 5.74) is 1.60. The number of halogens is 1. The van der Waals surface area contributed by atoms with Gasteiger partial charge in [-0.15, -0.1) is 0 Å². The van der Waals surface area contributed by atoms with Crippen LogP contribution in [-0.2, 0) is 11.2 Å². The average molecular weight is 448 g/mol. The average Bonchev–Trinajstić information content (AvgIpc) is 2.78. The van der Waals surface area contributed by atoms with Crippen molar-refractivity contribution >= 4 is 29.2 Å². The number of amides is 3. The molecule has 2 rings (SSSR count). The van der Waals surface area contributed by atoms with E-state index in [0.29, 0.717) is 35.2 Å². The second-order valence-corrected chi connectivity index (χ2v) is 7.64. The molecule has 0 radical (unpaired) electrons. The van der Waals surface area contributed by atoms with E-state index >= 15 is 0 Å². The van der Waals surface area contributed by atoms with Gasteiger partial charge in [0.1, 0.15) is 6.04 Å². The standard InChI is InChI=1S/C23H30ClN3O4/c1-5-15(2)21(27-23(29)26-18-9-7-17(24)8-10-18)22(28)25-13-12-16-6-11-19(30-3)20(14-16)31-4/h6-11,14-15,21H,5,12-13H2,1-4H3,(H,25,28)(H2,26,27,29). The SMILES string of the molecule is CCC(C)C(NC(=O)Nc1ccc(Cl)cc1)C(=O)NCCc1ccc(OC)c(OC)c1. The Hall–Kier alpha value is -2.93. The second kappa shape index (κ2) is 12.1. The van der Waals surface area contributed by atoms with Gasteiger partial charge in [-0.05, 0) is 54.3 Å². The Morgan fingerprint density at radius 1 is 1.03 bits per heavy atom. The van der Waals surface area contributed by atoms with Gasteiger partial charge < -0.3 is 25.4 Å².